The predicted molar refractivity (Wildman–Crippen MR) is 80.9 cm³/mol. The summed E-state index contributed by atoms with van der Waals surface area (Å²) in [5.74, 6) is -2.22. The number of carboxylic acid groups (broad SMARTS) is 1. The number of hydrogen-bond acceptors (Lipinski definition) is 4. The van der Waals surface area contributed by atoms with Gasteiger partial charge in [-0.1, -0.05) is 25.1 Å². The second kappa shape index (κ2) is 6.43. The van der Waals surface area contributed by atoms with Crippen LogP contribution in [0.1, 0.15) is 24.2 Å². The van der Waals surface area contributed by atoms with E-state index in [4.69, 9.17) is 9.52 Å². The zero-order valence-corrected chi connectivity index (χ0v) is 12.4. The summed E-state index contributed by atoms with van der Waals surface area (Å²) in [5.41, 5.74) is -0.394. The van der Waals surface area contributed by atoms with Gasteiger partial charge in [-0.05, 0) is 19.1 Å². The third-order valence-electron chi connectivity index (χ3n) is 3.46. The summed E-state index contributed by atoms with van der Waals surface area (Å²) < 4.78 is 5.14. The number of aliphatic carboxylic acids is 1. The topological polar surface area (TPSA) is 87.8 Å². The minimum absolute atomic E-state index is 0.0386. The largest absolute Gasteiger partial charge is 0.481 e. The molecule has 0 fully saturated rings. The van der Waals surface area contributed by atoms with Crippen LogP contribution in [-0.4, -0.2) is 35.0 Å². The molecule has 0 spiro atoms. The Morgan fingerprint density at radius 1 is 1.32 bits per heavy atom. The van der Waals surface area contributed by atoms with E-state index < -0.39 is 23.4 Å². The summed E-state index contributed by atoms with van der Waals surface area (Å²) in [5, 5.41) is 9.60. The first-order valence-corrected chi connectivity index (χ1v) is 6.99. The molecule has 0 radical (unpaired) electrons. The van der Waals surface area contributed by atoms with E-state index in [1.54, 1.807) is 31.2 Å². The Morgan fingerprint density at radius 2 is 2.00 bits per heavy atom. The molecule has 0 aliphatic carbocycles. The Balaban J connectivity index is 2.36. The van der Waals surface area contributed by atoms with Crippen molar-refractivity contribution in [3.05, 3.63) is 46.3 Å². The number of rotatable bonds is 5. The van der Waals surface area contributed by atoms with Crippen molar-refractivity contribution in [2.75, 3.05) is 13.1 Å². The molecule has 2 rings (SSSR count). The minimum Gasteiger partial charge on any atom is -0.481 e. The summed E-state index contributed by atoms with van der Waals surface area (Å²) in [4.78, 5) is 36.7. The van der Waals surface area contributed by atoms with Crippen molar-refractivity contribution in [2.45, 2.75) is 13.8 Å². The van der Waals surface area contributed by atoms with Crippen LogP contribution in [0.25, 0.3) is 11.0 Å². The number of para-hydroxylation sites is 1. The molecule has 1 aromatic heterocycles. The van der Waals surface area contributed by atoms with E-state index in [9.17, 15) is 14.4 Å². The fourth-order valence-corrected chi connectivity index (χ4v) is 2.15. The molecule has 0 aliphatic rings. The molecule has 6 heteroatoms. The molecule has 22 heavy (non-hydrogen) atoms. The number of carboxylic acids is 1. The number of amides is 1. The highest BCUT2D eigenvalue weighted by molar-refractivity contribution is 5.96. The Hall–Kier alpha value is -2.63. The van der Waals surface area contributed by atoms with Crippen molar-refractivity contribution >= 4 is 22.8 Å². The standard InChI is InChI=1S/C16H17NO5/c1-3-17(9-10(2)15(19)20)14(18)12-8-11-6-4-5-7-13(11)22-16(12)21/h4-8,10H,3,9H2,1-2H3,(H,19,20). The van der Waals surface area contributed by atoms with Gasteiger partial charge < -0.3 is 14.4 Å². The first-order valence-electron chi connectivity index (χ1n) is 6.99. The molecule has 0 bridgehead atoms. The summed E-state index contributed by atoms with van der Waals surface area (Å²) in [6.07, 6.45) is 0. The van der Waals surface area contributed by atoms with E-state index in [1.807, 2.05) is 0 Å². The highest BCUT2D eigenvalue weighted by atomic mass is 16.4. The van der Waals surface area contributed by atoms with Gasteiger partial charge in [-0.15, -0.1) is 0 Å². The van der Waals surface area contributed by atoms with Gasteiger partial charge in [-0.2, -0.15) is 0 Å². The number of carbonyl (C=O) groups excluding carboxylic acids is 1. The van der Waals surface area contributed by atoms with Crippen LogP contribution in [0, 0.1) is 5.92 Å². The number of fused-ring (bicyclic) bond motifs is 1. The maximum atomic E-state index is 12.5. The molecule has 2 aromatic rings. The van der Waals surface area contributed by atoms with Gasteiger partial charge in [0, 0.05) is 18.5 Å². The zero-order valence-electron chi connectivity index (χ0n) is 12.4. The van der Waals surface area contributed by atoms with E-state index in [-0.39, 0.29) is 12.1 Å². The summed E-state index contributed by atoms with van der Waals surface area (Å²) >= 11 is 0. The number of carbonyl (C=O) groups is 2. The molecular formula is C16H17NO5. The lowest BCUT2D eigenvalue weighted by Crippen LogP contribution is -2.38. The molecule has 0 aliphatic heterocycles. The van der Waals surface area contributed by atoms with E-state index in [0.717, 1.165) is 0 Å². The fraction of sp³-hybridized carbons (Fsp3) is 0.312. The van der Waals surface area contributed by atoms with E-state index in [0.29, 0.717) is 17.5 Å². The summed E-state index contributed by atoms with van der Waals surface area (Å²) in [7, 11) is 0. The van der Waals surface area contributed by atoms with Crippen molar-refractivity contribution in [1.82, 2.24) is 4.90 Å². The number of nitrogens with zero attached hydrogens (tertiary/aromatic N) is 1. The summed E-state index contributed by atoms with van der Waals surface area (Å²) in [6, 6.07) is 8.39. The van der Waals surface area contributed by atoms with Crippen LogP contribution in [0.4, 0.5) is 0 Å². The molecule has 1 aromatic carbocycles. The molecule has 6 nitrogen and oxygen atoms in total. The number of benzene rings is 1. The second-order valence-electron chi connectivity index (χ2n) is 5.07. The Bertz CT molecular complexity index is 764. The highest BCUT2D eigenvalue weighted by Gasteiger charge is 2.23. The van der Waals surface area contributed by atoms with Crippen LogP contribution in [0.3, 0.4) is 0 Å². The van der Waals surface area contributed by atoms with Gasteiger partial charge in [0.15, 0.2) is 0 Å². The minimum atomic E-state index is -0.989. The molecule has 1 atom stereocenters. The Kier molecular flexibility index (Phi) is 4.60. The molecule has 1 N–H and O–H groups in total. The summed E-state index contributed by atoms with van der Waals surface area (Å²) in [6.45, 7) is 3.59. The van der Waals surface area contributed by atoms with Gasteiger partial charge >= 0.3 is 11.6 Å². The van der Waals surface area contributed by atoms with Crippen molar-refractivity contribution in [2.24, 2.45) is 5.92 Å². The van der Waals surface area contributed by atoms with E-state index >= 15 is 0 Å². The Morgan fingerprint density at radius 3 is 2.64 bits per heavy atom. The lowest BCUT2D eigenvalue weighted by Gasteiger charge is -2.22. The predicted octanol–water partition coefficient (Wildman–Crippen LogP) is 1.98. The van der Waals surface area contributed by atoms with Gasteiger partial charge in [-0.3, -0.25) is 9.59 Å². The fourth-order valence-electron chi connectivity index (χ4n) is 2.15. The number of hydrogen-bond donors (Lipinski definition) is 1. The van der Waals surface area contributed by atoms with Crippen LogP contribution in [0.5, 0.6) is 0 Å². The van der Waals surface area contributed by atoms with E-state index in [2.05, 4.69) is 0 Å². The van der Waals surface area contributed by atoms with Gasteiger partial charge in [0.25, 0.3) is 5.91 Å². The molecule has 1 heterocycles. The van der Waals surface area contributed by atoms with Gasteiger partial charge in [0.2, 0.25) is 0 Å². The van der Waals surface area contributed by atoms with Crippen LogP contribution in [-0.2, 0) is 4.79 Å². The first kappa shape index (κ1) is 15.8. The molecule has 116 valence electrons. The molecule has 0 saturated heterocycles. The molecule has 0 saturated carbocycles. The third kappa shape index (κ3) is 3.16. The van der Waals surface area contributed by atoms with Crippen molar-refractivity contribution in [3.63, 3.8) is 0 Å². The van der Waals surface area contributed by atoms with Gasteiger partial charge in [0.05, 0.1) is 5.92 Å². The van der Waals surface area contributed by atoms with Crippen LogP contribution >= 0.6 is 0 Å². The quantitative estimate of drug-likeness (QED) is 0.853. The lowest BCUT2D eigenvalue weighted by molar-refractivity contribution is -0.141. The first-order chi connectivity index (χ1) is 10.4. The monoisotopic (exact) mass is 303 g/mol. The van der Waals surface area contributed by atoms with Crippen molar-refractivity contribution < 1.29 is 19.1 Å². The SMILES string of the molecule is CCN(CC(C)C(=O)O)C(=O)c1cc2ccccc2oc1=O. The molecule has 1 unspecified atom stereocenters. The lowest BCUT2D eigenvalue weighted by atomic mass is 10.1. The third-order valence-corrected chi connectivity index (χ3v) is 3.46. The maximum Gasteiger partial charge on any atom is 0.349 e. The average Bonchev–Trinajstić information content (AvgIpc) is 2.50. The Labute approximate surface area is 127 Å². The highest BCUT2D eigenvalue weighted by Crippen LogP contribution is 2.14. The van der Waals surface area contributed by atoms with Crippen molar-refractivity contribution in [3.8, 4) is 0 Å². The average molecular weight is 303 g/mol. The maximum absolute atomic E-state index is 12.5. The van der Waals surface area contributed by atoms with Crippen LogP contribution in [0.15, 0.2) is 39.5 Å². The van der Waals surface area contributed by atoms with Gasteiger partial charge in [0.1, 0.15) is 11.1 Å². The normalized spacial score (nSPS) is 12.1. The zero-order chi connectivity index (χ0) is 16.3. The van der Waals surface area contributed by atoms with Crippen LogP contribution < -0.4 is 5.63 Å². The second-order valence-corrected chi connectivity index (χ2v) is 5.07. The van der Waals surface area contributed by atoms with Gasteiger partial charge in [-0.25, -0.2) is 4.79 Å². The molecular weight excluding hydrogens is 286 g/mol. The van der Waals surface area contributed by atoms with Crippen LogP contribution in [0.2, 0.25) is 0 Å². The van der Waals surface area contributed by atoms with Crippen molar-refractivity contribution in [1.29, 1.82) is 0 Å². The molecule has 1 amide bonds. The smallest absolute Gasteiger partial charge is 0.349 e. The van der Waals surface area contributed by atoms with E-state index in [1.165, 1.54) is 17.9 Å².